The fourth-order valence-corrected chi connectivity index (χ4v) is 2.92. The van der Waals surface area contributed by atoms with E-state index >= 15 is 0 Å². The number of rotatable bonds is 7. The van der Waals surface area contributed by atoms with Crippen LogP contribution in [0.1, 0.15) is 40.5 Å². The van der Waals surface area contributed by atoms with E-state index in [0.717, 1.165) is 25.2 Å². The highest BCUT2D eigenvalue weighted by Gasteiger charge is 2.17. The van der Waals surface area contributed by atoms with Gasteiger partial charge in [-0.2, -0.15) is 0 Å². The second kappa shape index (κ2) is 9.19. The van der Waals surface area contributed by atoms with Crippen LogP contribution >= 0.6 is 0 Å². The minimum atomic E-state index is -0.241. The van der Waals surface area contributed by atoms with Crippen LogP contribution in [0.2, 0.25) is 0 Å². The maximum absolute atomic E-state index is 12.4. The van der Waals surface area contributed by atoms with Crippen LogP contribution in [0.5, 0.6) is 5.75 Å². The van der Waals surface area contributed by atoms with Crippen molar-refractivity contribution in [3.05, 3.63) is 59.7 Å². The summed E-state index contributed by atoms with van der Waals surface area (Å²) >= 11 is 0. The van der Waals surface area contributed by atoms with Crippen LogP contribution < -0.4 is 15.4 Å². The molecule has 0 aliphatic carbocycles. The predicted octanol–water partition coefficient (Wildman–Crippen LogP) is 3.25. The molecule has 6 heteroatoms. The molecule has 2 aromatic rings. The molecule has 2 aromatic carbocycles. The van der Waals surface area contributed by atoms with Crippen molar-refractivity contribution in [2.75, 3.05) is 25.1 Å². The summed E-state index contributed by atoms with van der Waals surface area (Å²) in [6.45, 7) is 3.74. The Bertz CT molecular complexity index is 783. The second-order valence-electron chi connectivity index (χ2n) is 6.34. The van der Waals surface area contributed by atoms with E-state index in [1.165, 1.54) is 0 Å². The molecule has 142 valence electrons. The normalized spacial score (nSPS) is 16.0. The third-order valence-corrected chi connectivity index (χ3v) is 4.32. The predicted molar refractivity (Wildman–Crippen MR) is 103 cm³/mol. The van der Waals surface area contributed by atoms with Gasteiger partial charge in [0, 0.05) is 30.0 Å². The van der Waals surface area contributed by atoms with Gasteiger partial charge in [-0.3, -0.25) is 9.59 Å². The average Bonchev–Trinajstić information content (AvgIpc) is 3.21. The zero-order valence-corrected chi connectivity index (χ0v) is 15.4. The lowest BCUT2D eigenvalue weighted by molar-refractivity contribution is 0.0857. The van der Waals surface area contributed by atoms with Gasteiger partial charge in [0.1, 0.15) is 5.75 Å². The van der Waals surface area contributed by atoms with Crippen molar-refractivity contribution < 1.29 is 19.1 Å². The van der Waals surface area contributed by atoms with Gasteiger partial charge in [-0.25, -0.2) is 0 Å². The number of carbonyl (C=O) groups excluding carboxylic acids is 2. The quantitative estimate of drug-likeness (QED) is 0.787. The van der Waals surface area contributed by atoms with Gasteiger partial charge in [-0.05, 0) is 62.2 Å². The highest BCUT2D eigenvalue weighted by atomic mass is 16.5. The lowest BCUT2D eigenvalue weighted by atomic mass is 10.1. The van der Waals surface area contributed by atoms with Gasteiger partial charge >= 0.3 is 0 Å². The van der Waals surface area contributed by atoms with E-state index in [9.17, 15) is 9.59 Å². The van der Waals surface area contributed by atoms with Crippen molar-refractivity contribution in [3.8, 4) is 5.75 Å². The smallest absolute Gasteiger partial charge is 0.255 e. The van der Waals surface area contributed by atoms with E-state index in [-0.39, 0.29) is 17.9 Å². The van der Waals surface area contributed by atoms with Crippen molar-refractivity contribution in [2.45, 2.75) is 25.9 Å². The Kier molecular flexibility index (Phi) is 6.44. The van der Waals surface area contributed by atoms with E-state index in [0.29, 0.717) is 30.0 Å². The third-order valence-electron chi connectivity index (χ3n) is 4.32. The summed E-state index contributed by atoms with van der Waals surface area (Å²) in [4.78, 5) is 24.7. The zero-order valence-electron chi connectivity index (χ0n) is 15.4. The van der Waals surface area contributed by atoms with E-state index in [1.54, 1.807) is 48.5 Å². The van der Waals surface area contributed by atoms with Gasteiger partial charge in [0.25, 0.3) is 11.8 Å². The molecule has 0 aromatic heterocycles. The van der Waals surface area contributed by atoms with Crippen LogP contribution in [-0.4, -0.2) is 37.7 Å². The van der Waals surface area contributed by atoms with E-state index < -0.39 is 0 Å². The largest absolute Gasteiger partial charge is 0.494 e. The van der Waals surface area contributed by atoms with Crippen molar-refractivity contribution in [1.29, 1.82) is 0 Å². The monoisotopic (exact) mass is 368 g/mol. The van der Waals surface area contributed by atoms with Crippen LogP contribution in [0.25, 0.3) is 0 Å². The summed E-state index contributed by atoms with van der Waals surface area (Å²) in [6, 6.07) is 13.8. The molecule has 1 heterocycles. The Morgan fingerprint density at radius 2 is 1.93 bits per heavy atom. The molecule has 6 nitrogen and oxygen atoms in total. The topological polar surface area (TPSA) is 76.7 Å². The first-order chi connectivity index (χ1) is 13.2. The standard InChI is InChI=1S/C21H24N2O4/c1-2-26-18-10-8-15(9-11-18)21(25)23-17-6-3-5-16(13-17)20(24)22-14-19-7-4-12-27-19/h3,5-6,8-11,13,19H,2,4,7,12,14H2,1H3,(H,22,24)(H,23,25)/t19-/m0/s1. The lowest BCUT2D eigenvalue weighted by Gasteiger charge is -2.12. The molecule has 27 heavy (non-hydrogen) atoms. The van der Waals surface area contributed by atoms with E-state index in [4.69, 9.17) is 9.47 Å². The number of benzene rings is 2. The molecule has 0 radical (unpaired) electrons. The molecule has 1 saturated heterocycles. The fourth-order valence-electron chi connectivity index (χ4n) is 2.92. The first-order valence-corrected chi connectivity index (χ1v) is 9.20. The van der Waals surface area contributed by atoms with Gasteiger partial charge in [0.2, 0.25) is 0 Å². The minimum absolute atomic E-state index is 0.0940. The molecule has 0 saturated carbocycles. The molecule has 1 aliphatic rings. The maximum Gasteiger partial charge on any atom is 0.255 e. The Balaban J connectivity index is 1.59. The molecule has 0 spiro atoms. The van der Waals surface area contributed by atoms with Gasteiger partial charge in [-0.15, -0.1) is 0 Å². The van der Waals surface area contributed by atoms with Crippen LogP contribution in [-0.2, 0) is 4.74 Å². The molecule has 1 aliphatic heterocycles. The summed E-state index contributed by atoms with van der Waals surface area (Å²) in [5.41, 5.74) is 1.59. The van der Waals surface area contributed by atoms with Crippen LogP contribution in [0.4, 0.5) is 5.69 Å². The maximum atomic E-state index is 12.4. The molecule has 2 N–H and O–H groups in total. The van der Waals surface area contributed by atoms with Crippen molar-refractivity contribution in [1.82, 2.24) is 5.32 Å². The Hall–Kier alpha value is -2.86. The van der Waals surface area contributed by atoms with Gasteiger partial charge in [-0.1, -0.05) is 6.07 Å². The van der Waals surface area contributed by atoms with Crippen molar-refractivity contribution in [2.24, 2.45) is 0 Å². The number of carbonyl (C=O) groups is 2. The Labute approximate surface area is 158 Å². The fraction of sp³-hybridized carbons (Fsp3) is 0.333. The van der Waals surface area contributed by atoms with Crippen LogP contribution in [0.15, 0.2) is 48.5 Å². The lowest BCUT2D eigenvalue weighted by Crippen LogP contribution is -2.31. The molecular weight excluding hydrogens is 344 g/mol. The summed E-state index contributed by atoms with van der Waals surface area (Å²) in [7, 11) is 0. The number of anilines is 1. The number of hydrogen-bond acceptors (Lipinski definition) is 4. The first-order valence-electron chi connectivity index (χ1n) is 9.20. The van der Waals surface area contributed by atoms with Gasteiger partial charge < -0.3 is 20.1 Å². The summed E-state index contributed by atoms with van der Waals surface area (Å²) in [6.07, 6.45) is 2.10. The molecule has 1 fully saturated rings. The second-order valence-corrected chi connectivity index (χ2v) is 6.34. The highest BCUT2D eigenvalue weighted by molar-refractivity contribution is 6.05. The number of hydrogen-bond donors (Lipinski definition) is 2. The SMILES string of the molecule is CCOc1ccc(C(=O)Nc2cccc(C(=O)NC[C@@H]3CCCO3)c2)cc1. The van der Waals surface area contributed by atoms with Crippen molar-refractivity contribution in [3.63, 3.8) is 0 Å². The molecule has 1 atom stereocenters. The molecule has 0 unspecified atom stereocenters. The molecule has 0 bridgehead atoms. The minimum Gasteiger partial charge on any atom is -0.494 e. The van der Waals surface area contributed by atoms with Gasteiger partial charge in [0.15, 0.2) is 0 Å². The summed E-state index contributed by atoms with van der Waals surface area (Å²) in [5, 5.41) is 5.70. The number of ether oxygens (including phenoxy) is 2. The number of nitrogens with one attached hydrogen (secondary N) is 2. The Morgan fingerprint density at radius 3 is 2.63 bits per heavy atom. The van der Waals surface area contributed by atoms with Gasteiger partial charge in [0.05, 0.1) is 12.7 Å². The molecule has 2 amide bonds. The number of amides is 2. The Morgan fingerprint density at radius 1 is 1.11 bits per heavy atom. The average molecular weight is 368 g/mol. The molecule has 3 rings (SSSR count). The zero-order chi connectivity index (χ0) is 19.1. The third kappa shape index (κ3) is 5.31. The van der Waals surface area contributed by atoms with E-state index in [1.807, 2.05) is 6.92 Å². The highest BCUT2D eigenvalue weighted by Crippen LogP contribution is 2.16. The molecular formula is C21H24N2O4. The summed E-state index contributed by atoms with van der Waals surface area (Å²) in [5.74, 6) is 0.302. The first kappa shape index (κ1) is 18.9. The van der Waals surface area contributed by atoms with E-state index in [2.05, 4.69) is 10.6 Å². The van der Waals surface area contributed by atoms with Crippen LogP contribution in [0.3, 0.4) is 0 Å². The van der Waals surface area contributed by atoms with Crippen LogP contribution in [0, 0.1) is 0 Å². The van der Waals surface area contributed by atoms with Crippen molar-refractivity contribution >= 4 is 17.5 Å². The summed E-state index contributed by atoms with van der Waals surface area (Å²) < 4.78 is 10.9.